The number of nitrogens with one attached hydrogen (secondary N) is 1. The second-order valence-corrected chi connectivity index (χ2v) is 9.16. The van der Waals surface area contributed by atoms with Crippen LogP contribution in [0.5, 0.6) is 5.75 Å². The quantitative estimate of drug-likeness (QED) is 0.384. The highest BCUT2D eigenvalue weighted by Crippen LogP contribution is 2.28. The molecule has 0 aliphatic rings. The van der Waals surface area contributed by atoms with E-state index >= 15 is 0 Å². The summed E-state index contributed by atoms with van der Waals surface area (Å²) < 4.78 is 46.4. The Morgan fingerprint density at radius 2 is 1.79 bits per heavy atom. The molecule has 0 saturated heterocycles. The van der Waals surface area contributed by atoms with Gasteiger partial charge in [0, 0.05) is 6.54 Å². The summed E-state index contributed by atoms with van der Waals surface area (Å²) in [6.07, 6.45) is 1.34. The van der Waals surface area contributed by atoms with E-state index in [9.17, 15) is 17.6 Å². The van der Waals surface area contributed by atoms with Crippen LogP contribution in [0.4, 0.5) is 4.39 Å². The first-order valence-corrected chi connectivity index (χ1v) is 11.5. The van der Waals surface area contributed by atoms with Crippen molar-refractivity contribution >= 4 is 22.1 Å². The maximum atomic E-state index is 13.5. The predicted molar refractivity (Wildman–Crippen MR) is 124 cm³/mol. The molecule has 0 atom stereocenters. The van der Waals surface area contributed by atoms with Gasteiger partial charge in [-0.3, -0.25) is 4.79 Å². The van der Waals surface area contributed by atoms with Crippen LogP contribution in [0.25, 0.3) is 0 Å². The highest BCUT2D eigenvalue weighted by Gasteiger charge is 2.30. The van der Waals surface area contributed by atoms with Crippen molar-refractivity contribution in [2.24, 2.45) is 5.10 Å². The highest BCUT2D eigenvalue weighted by molar-refractivity contribution is 7.89. The zero-order valence-corrected chi connectivity index (χ0v) is 19.0. The van der Waals surface area contributed by atoms with Crippen molar-refractivity contribution in [2.45, 2.75) is 18.4 Å². The van der Waals surface area contributed by atoms with Gasteiger partial charge < -0.3 is 4.74 Å². The van der Waals surface area contributed by atoms with E-state index in [0.717, 1.165) is 15.4 Å². The maximum absolute atomic E-state index is 13.5. The third-order valence-corrected chi connectivity index (χ3v) is 6.54. The van der Waals surface area contributed by atoms with Crippen LogP contribution in [-0.4, -0.2) is 38.5 Å². The smallest absolute Gasteiger partial charge is 0.255 e. The van der Waals surface area contributed by atoms with Gasteiger partial charge in [0.05, 0.1) is 19.9 Å². The Balaban J connectivity index is 1.84. The van der Waals surface area contributed by atoms with Crippen molar-refractivity contribution in [1.82, 2.24) is 9.73 Å². The number of rotatable bonds is 9. The molecule has 3 rings (SSSR count). The van der Waals surface area contributed by atoms with Crippen LogP contribution in [-0.2, 0) is 21.4 Å². The first kappa shape index (κ1) is 24.1. The molecule has 9 heteroatoms. The largest absolute Gasteiger partial charge is 0.495 e. The molecule has 0 spiro atoms. The lowest BCUT2D eigenvalue weighted by molar-refractivity contribution is -0.121. The summed E-state index contributed by atoms with van der Waals surface area (Å²) in [5, 5.41) is 3.84. The molecule has 0 bridgehead atoms. The number of benzene rings is 3. The van der Waals surface area contributed by atoms with Crippen molar-refractivity contribution in [3.63, 3.8) is 0 Å². The van der Waals surface area contributed by atoms with Crippen molar-refractivity contribution in [2.75, 3.05) is 13.7 Å². The van der Waals surface area contributed by atoms with Crippen molar-refractivity contribution in [3.05, 3.63) is 95.3 Å². The van der Waals surface area contributed by atoms with E-state index in [1.807, 2.05) is 6.07 Å². The van der Waals surface area contributed by atoms with Gasteiger partial charge in [-0.15, -0.1) is 0 Å². The lowest BCUT2D eigenvalue weighted by Gasteiger charge is -2.23. The summed E-state index contributed by atoms with van der Waals surface area (Å²) in [6.45, 7) is 1.29. The van der Waals surface area contributed by atoms with Gasteiger partial charge in [-0.05, 0) is 47.9 Å². The summed E-state index contributed by atoms with van der Waals surface area (Å²) in [5.74, 6) is -0.822. The molecule has 0 saturated carbocycles. The van der Waals surface area contributed by atoms with E-state index in [1.54, 1.807) is 43.3 Å². The van der Waals surface area contributed by atoms with Crippen LogP contribution in [0.2, 0.25) is 0 Å². The molecule has 0 fully saturated rings. The zero-order valence-electron chi connectivity index (χ0n) is 18.2. The predicted octanol–water partition coefficient (Wildman–Crippen LogP) is 3.48. The Morgan fingerprint density at radius 3 is 2.45 bits per heavy atom. The monoisotopic (exact) mass is 469 g/mol. The highest BCUT2D eigenvalue weighted by atomic mass is 32.2. The molecule has 0 unspecified atom stereocenters. The molecule has 0 heterocycles. The number of halogens is 1. The molecule has 7 nitrogen and oxygen atoms in total. The molecule has 0 radical (unpaired) electrons. The Hall–Kier alpha value is -3.56. The maximum Gasteiger partial charge on any atom is 0.255 e. The van der Waals surface area contributed by atoms with Crippen molar-refractivity contribution < 1.29 is 22.3 Å². The van der Waals surface area contributed by atoms with Gasteiger partial charge >= 0.3 is 0 Å². The van der Waals surface area contributed by atoms with Gasteiger partial charge in [0.2, 0.25) is 10.0 Å². The van der Waals surface area contributed by atoms with Gasteiger partial charge in [-0.2, -0.15) is 9.41 Å². The lowest BCUT2D eigenvalue weighted by Crippen LogP contribution is -2.39. The number of aryl methyl sites for hydroxylation is 1. The first-order chi connectivity index (χ1) is 15.8. The van der Waals surface area contributed by atoms with Crippen LogP contribution in [0.3, 0.4) is 0 Å². The number of ether oxygens (including phenoxy) is 1. The third kappa shape index (κ3) is 6.47. The number of hydrogen-bond donors (Lipinski definition) is 1. The molecule has 0 aliphatic heterocycles. The number of hydrogen-bond acceptors (Lipinski definition) is 5. The minimum absolute atomic E-state index is 0.0185. The van der Waals surface area contributed by atoms with Crippen LogP contribution < -0.4 is 10.2 Å². The molecular formula is C24H24FN3O4S. The van der Waals surface area contributed by atoms with Crippen molar-refractivity contribution in [3.8, 4) is 5.75 Å². The number of methoxy groups -OCH3 is 1. The fraction of sp³-hybridized carbons (Fsp3) is 0.167. The fourth-order valence-electron chi connectivity index (χ4n) is 3.06. The van der Waals surface area contributed by atoms with E-state index in [4.69, 9.17) is 4.74 Å². The minimum atomic E-state index is -4.09. The second-order valence-electron chi connectivity index (χ2n) is 7.26. The molecule has 0 aromatic heterocycles. The van der Waals surface area contributed by atoms with Gasteiger partial charge in [0.1, 0.15) is 16.5 Å². The Labute approximate surface area is 192 Å². The van der Waals surface area contributed by atoms with E-state index in [0.29, 0.717) is 5.56 Å². The van der Waals surface area contributed by atoms with Crippen LogP contribution in [0.15, 0.2) is 82.8 Å². The summed E-state index contributed by atoms with van der Waals surface area (Å²) >= 11 is 0. The van der Waals surface area contributed by atoms with Crippen LogP contribution in [0, 0.1) is 12.7 Å². The Morgan fingerprint density at radius 1 is 1.09 bits per heavy atom. The third-order valence-electron chi connectivity index (χ3n) is 4.73. The first-order valence-electron chi connectivity index (χ1n) is 10.1. The molecule has 3 aromatic rings. The molecular weight excluding hydrogens is 445 g/mol. The van der Waals surface area contributed by atoms with Gasteiger partial charge in [-0.25, -0.2) is 18.2 Å². The molecule has 1 N–H and O–H groups in total. The van der Waals surface area contributed by atoms with E-state index < -0.39 is 22.5 Å². The molecule has 1 amide bonds. The fourth-order valence-corrected chi connectivity index (χ4v) is 4.69. The van der Waals surface area contributed by atoms with Gasteiger partial charge in [-0.1, -0.05) is 48.5 Å². The van der Waals surface area contributed by atoms with Crippen molar-refractivity contribution in [1.29, 1.82) is 0 Å². The summed E-state index contributed by atoms with van der Waals surface area (Å²) in [7, 11) is -2.70. The van der Waals surface area contributed by atoms with Gasteiger partial charge in [0.15, 0.2) is 0 Å². The number of carbonyl (C=O) groups excluding carboxylic acids is 1. The topological polar surface area (TPSA) is 88.1 Å². The number of amides is 1. The zero-order chi connectivity index (χ0) is 23.8. The van der Waals surface area contributed by atoms with E-state index in [2.05, 4.69) is 10.5 Å². The van der Waals surface area contributed by atoms with Crippen LogP contribution in [0.1, 0.15) is 16.7 Å². The number of hydrazone groups is 1. The number of sulfonamides is 1. The second kappa shape index (κ2) is 10.8. The molecule has 0 aliphatic carbocycles. The SMILES string of the molecule is COc1ccc(C)cc1S(=O)(=O)N(CC(=O)NN=Cc1ccc(F)cc1)Cc1ccccc1. The standard InChI is InChI=1S/C24H24FN3O4S/c1-18-8-13-22(32-2)23(14-18)33(30,31)28(16-20-6-4-3-5-7-20)17-24(29)27-26-15-19-9-11-21(25)12-10-19/h3-15H,16-17H2,1-2H3,(H,27,29). The van der Waals surface area contributed by atoms with Crippen LogP contribution >= 0.6 is 0 Å². The summed E-state index contributed by atoms with van der Waals surface area (Å²) in [5.41, 5.74) is 4.36. The minimum Gasteiger partial charge on any atom is -0.495 e. The Kier molecular flexibility index (Phi) is 7.92. The van der Waals surface area contributed by atoms with E-state index in [-0.39, 0.29) is 23.0 Å². The van der Waals surface area contributed by atoms with Gasteiger partial charge in [0.25, 0.3) is 5.91 Å². The average molecular weight is 470 g/mol. The van der Waals surface area contributed by atoms with E-state index in [1.165, 1.54) is 43.7 Å². The number of carbonyl (C=O) groups is 1. The normalized spacial score (nSPS) is 11.6. The lowest BCUT2D eigenvalue weighted by atomic mass is 10.2. The Bertz CT molecular complexity index is 1230. The summed E-state index contributed by atoms with van der Waals surface area (Å²) in [4.78, 5) is 12.5. The molecule has 172 valence electrons. The molecule has 33 heavy (non-hydrogen) atoms. The molecule has 3 aromatic carbocycles. The average Bonchev–Trinajstić information content (AvgIpc) is 2.80. The summed E-state index contributed by atoms with van der Waals surface area (Å²) in [6, 6.07) is 19.3. The number of nitrogens with zero attached hydrogens (tertiary/aromatic N) is 2.